The molecule has 5 heteroatoms. The summed E-state index contributed by atoms with van der Waals surface area (Å²) in [6.07, 6.45) is 3.53. The summed E-state index contributed by atoms with van der Waals surface area (Å²) in [6, 6.07) is 19.5. The molecule has 1 aliphatic rings. The maximum atomic E-state index is 10.1. The number of hydrogen-bond acceptors (Lipinski definition) is 5. The van der Waals surface area contributed by atoms with Gasteiger partial charge in [-0.3, -0.25) is 0 Å². The summed E-state index contributed by atoms with van der Waals surface area (Å²) < 4.78 is 0. The first kappa shape index (κ1) is 16.5. The minimum Gasteiger partial charge on any atom is -0.507 e. The molecule has 0 unspecified atom stereocenters. The lowest BCUT2D eigenvalue weighted by molar-refractivity contribution is 0.342. The van der Waals surface area contributed by atoms with Crippen LogP contribution in [0, 0.1) is 0 Å². The highest BCUT2D eigenvalue weighted by atomic mass is 16.3. The van der Waals surface area contributed by atoms with Gasteiger partial charge in [-0.15, -0.1) is 0 Å². The number of phenolic OH excluding ortho intramolecular Hbond substituents is 1. The van der Waals surface area contributed by atoms with Gasteiger partial charge in [-0.05, 0) is 36.6 Å². The number of anilines is 1. The molecule has 3 aromatic rings. The normalized spacial score (nSPS) is 16.4. The van der Waals surface area contributed by atoms with E-state index in [0.29, 0.717) is 11.3 Å². The van der Waals surface area contributed by atoms with Gasteiger partial charge in [0.25, 0.3) is 0 Å². The van der Waals surface area contributed by atoms with Crippen molar-refractivity contribution in [3.63, 3.8) is 0 Å². The Balaban J connectivity index is 1.54. The van der Waals surface area contributed by atoms with Gasteiger partial charge in [0, 0.05) is 24.2 Å². The second-order valence-electron chi connectivity index (χ2n) is 6.83. The van der Waals surface area contributed by atoms with Gasteiger partial charge >= 0.3 is 0 Å². The van der Waals surface area contributed by atoms with E-state index >= 15 is 0 Å². The standard InChI is InChI=1S/C21H22N4O/c22-21(16-6-2-1-3-7-16)10-12-25(13-11-21)17-14-19(24-23-15-17)18-8-4-5-9-20(18)26/h1-9,14-15,26H,10-13,22H2. The molecular formula is C21H22N4O. The van der Waals surface area contributed by atoms with Gasteiger partial charge in [-0.25, -0.2) is 0 Å². The second-order valence-corrected chi connectivity index (χ2v) is 6.83. The molecule has 0 atom stereocenters. The van der Waals surface area contributed by atoms with Crippen molar-refractivity contribution in [2.24, 2.45) is 5.73 Å². The van der Waals surface area contributed by atoms with Gasteiger partial charge in [0.2, 0.25) is 0 Å². The van der Waals surface area contributed by atoms with Crippen molar-refractivity contribution in [3.05, 3.63) is 72.4 Å². The lowest BCUT2D eigenvalue weighted by Crippen LogP contribution is -2.48. The molecule has 0 aliphatic carbocycles. The lowest BCUT2D eigenvalue weighted by Gasteiger charge is -2.40. The zero-order chi connectivity index (χ0) is 18.0. The van der Waals surface area contributed by atoms with Crippen LogP contribution < -0.4 is 10.6 Å². The Morgan fingerprint density at radius 2 is 1.65 bits per heavy atom. The number of piperidine rings is 1. The number of hydrogen-bond donors (Lipinski definition) is 2. The number of rotatable bonds is 3. The maximum Gasteiger partial charge on any atom is 0.125 e. The molecule has 3 N–H and O–H groups in total. The van der Waals surface area contributed by atoms with E-state index in [4.69, 9.17) is 5.73 Å². The Kier molecular flexibility index (Phi) is 4.31. The minimum atomic E-state index is -0.279. The van der Waals surface area contributed by atoms with Gasteiger partial charge in [0.1, 0.15) is 5.75 Å². The third-order valence-electron chi connectivity index (χ3n) is 5.19. The van der Waals surface area contributed by atoms with Crippen LogP contribution in [0.1, 0.15) is 18.4 Å². The molecule has 1 fully saturated rings. The van der Waals surface area contributed by atoms with Crippen molar-refractivity contribution >= 4 is 5.69 Å². The van der Waals surface area contributed by atoms with Gasteiger partial charge in [-0.2, -0.15) is 10.2 Å². The molecule has 4 rings (SSSR count). The average molecular weight is 346 g/mol. The monoisotopic (exact) mass is 346 g/mol. The predicted molar refractivity (Wildman–Crippen MR) is 103 cm³/mol. The van der Waals surface area contributed by atoms with Gasteiger partial charge in [0.15, 0.2) is 0 Å². The zero-order valence-electron chi connectivity index (χ0n) is 14.5. The first-order chi connectivity index (χ1) is 12.7. The number of nitrogens with two attached hydrogens (primary N) is 1. The summed E-state index contributed by atoms with van der Waals surface area (Å²) >= 11 is 0. The molecule has 1 aliphatic heterocycles. The minimum absolute atomic E-state index is 0.211. The summed E-state index contributed by atoms with van der Waals surface area (Å²) in [6.45, 7) is 1.72. The van der Waals surface area contributed by atoms with E-state index in [0.717, 1.165) is 31.6 Å². The Hall–Kier alpha value is -2.92. The van der Waals surface area contributed by atoms with Crippen LogP contribution in [0.25, 0.3) is 11.3 Å². The fourth-order valence-corrected chi connectivity index (χ4v) is 3.57. The van der Waals surface area contributed by atoms with Crippen molar-refractivity contribution in [2.75, 3.05) is 18.0 Å². The highest BCUT2D eigenvalue weighted by Gasteiger charge is 2.32. The largest absolute Gasteiger partial charge is 0.507 e. The van der Waals surface area contributed by atoms with E-state index in [1.807, 2.05) is 36.4 Å². The number of phenols is 1. The average Bonchev–Trinajstić information content (AvgIpc) is 2.70. The number of aromatic nitrogens is 2. The first-order valence-corrected chi connectivity index (χ1v) is 8.86. The van der Waals surface area contributed by atoms with E-state index < -0.39 is 0 Å². The van der Waals surface area contributed by atoms with Crippen LogP contribution in [-0.2, 0) is 5.54 Å². The molecule has 132 valence electrons. The molecule has 0 bridgehead atoms. The smallest absolute Gasteiger partial charge is 0.125 e. The van der Waals surface area contributed by atoms with Gasteiger partial charge in [0.05, 0.1) is 17.6 Å². The van der Waals surface area contributed by atoms with Crippen molar-refractivity contribution in [1.82, 2.24) is 10.2 Å². The number of aromatic hydroxyl groups is 1. The number of nitrogens with zero attached hydrogens (tertiary/aromatic N) is 3. The van der Waals surface area contributed by atoms with E-state index in [1.165, 1.54) is 5.56 Å². The number of benzene rings is 2. The molecule has 5 nitrogen and oxygen atoms in total. The summed E-state index contributed by atoms with van der Waals surface area (Å²) in [7, 11) is 0. The van der Waals surface area contributed by atoms with Crippen molar-refractivity contribution < 1.29 is 5.11 Å². The zero-order valence-corrected chi connectivity index (χ0v) is 14.5. The molecule has 0 saturated carbocycles. The molecule has 26 heavy (non-hydrogen) atoms. The third-order valence-corrected chi connectivity index (χ3v) is 5.19. The van der Waals surface area contributed by atoms with E-state index in [1.54, 1.807) is 18.3 Å². The predicted octanol–water partition coefficient (Wildman–Crippen LogP) is 3.30. The van der Waals surface area contributed by atoms with Crippen LogP contribution in [0.3, 0.4) is 0 Å². The fourth-order valence-electron chi connectivity index (χ4n) is 3.57. The molecule has 0 radical (unpaired) electrons. The van der Waals surface area contributed by atoms with Crippen LogP contribution in [-0.4, -0.2) is 28.4 Å². The fraction of sp³-hybridized carbons (Fsp3) is 0.238. The topological polar surface area (TPSA) is 75.3 Å². The summed E-state index contributed by atoms with van der Waals surface area (Å²) in [5.74, 6) is 0.211. The Bertz CT molecular complexity index is 889. The molecular weight excluding hydrogens is 324 g/mol. The highest BCUT2D eigenvalue weighted by molar-refractivity contribution is 5.69. The molecule has 1 aromatic heterocycles. The van der Waals surface area contributed by atoms with Crippen molar-refractivity contribution in [3.8, 4) is 17.0 Å². The molecule has 0 spiro atoms. The second kappa shape index (κ2) is 6.77. The Morgan fingerprint density at radius 1 is 0.962 bits per heavy atom. The van der Waals surface area contributed by atoms with Crippen molar-refractivity contribution in [2.45, 2.75) is 18.4 Å². The summed E-state index contributed by atoms with van der Waals surface area (Å²) in [5, 5.41) is 18.4. The van der Waals surface area contributed by atoms with Gasteiger partial charge in [-0.1, -0.05) is 42.5 Å². The quantitative estimate of drug-likeness (QED) is 0.761. The SMILES string of the molecule is NC1(c2ccccc2)CCN(c2cnnc(-c3ccccc3O)c2)CC1. The third kappa shape index (κ3) is 3.13. The highest BCUT2D eigenvalue weighted by Crippen LogP contribution is 2.34. The number of para-hydroxylation sites is 1. The lowest BCUT2D eigenvalue weighted by atomic mass is 9.82. The molecule has 2 aromatic carbocycles. The molecule has 1 saturated heterocycles. The van der Waals surface area contributed by atoms with Crippen LogP contribution in [0.4, 0.5) is 5.69 Å². The van der Waals surface area contributed by atoms with Crippen LogP contribution in [0.2, 0.25) is 0 Å². The van der Waals surface area contributed by atoms with Crippen LogP contribution in [0.15, 0.2) is 66.9 Å². The molecule has 0 amide bonds. The van der Waals surface area contributed by atoms with E-state index in [-0.39, 0.29) is 11.3 Å². The summed E-state index contributed by atoms with van der Waals surface area (Å²) in [4.78, 5) is 2.28. The van der Waals surface area contributed by atoms with Gasteiger partial charge < -0.3 is 15.7 Å². The van der Waals surface area contributed by atoms with E-state index in [9.17, 15) is 5.11 Å². The first-order valence-electron chi connectivity index (χ1n) is 8.86. The van der Waals surface area contributed by atoms with Crippen LogP contribution in [0.5, 0.6) is 5.75 Å². The molecule has 2 heterocycles. The Morgan fingerprint density at radius 3 is 2.38 bits per heavy atom. The maximum absolute atomic E-state index is 10.1. The summed E-state index contributed by atoms with van der Waals surface area (Å²) in [5.41, 5.74) is 9.96. The van der Waals surface area contributed by atoms with Crippen molar-refractivity contribution in [1.29, 1.82) is 0 Å². The van der Waals surface area contributed by atoms with Crippen LogP contribution >= 0.6 is 0 Å². The Labute approximate surface area is 153 Å². The van der Waals surface area contributed by atoms with E-state index in [2.05, 4.69) is 27.2 Å².